The van der Waals surface area contributed by atoms with Gasteiger partial charge >= 0.3 is 5.97 Å². The number of benzene rings is 2. The zero-order chi connectivity index (χ0) is 22.9. The lowest BCUT2D eigenvalue weighted by atomic mass is 9.95. The Morgan fingerprint density at radius 1 is 0.969 bits per heavy atom. The second-order valence-electron chi connectivity index (χ2n) is 7.69. The van der Waals surface area contributed by atoms with E-state index in [1.165, 1.54) is 20.5 Å². The molecule has 32 heavy (non-hydrogen) atoms. The largest absolute Gasteiger partial charge is 0.493 e. The number of hydrogen-bond donors (Lipinski definition) is 2. The molecule has 0 aliphatic heterocycles. The SMILES string of the molecule is COc1cc(/C=C(\NC(=O)c2ccccc2)C(=O)NC2CCCCC2)ccc1OC(C)=O. The Labute approximate surface area is 187 Å². The van der Waals surface area contributed by atoms with E-state index >= 15 is 0 Å². The van der Waals surface area contributed by atoms with Crippen molar-refractivity contribution in [3.8, 4) is 11.5 Å². The first-order valence-electron chi connectivity index (χ1n) is 10.7. The average molecular weight is 437 g/mol. The van der Waals surface area contributed by atoms with Gasteiger partial charge in [-0.3, -0.25) is 14.4 Å². The molecule has 2 N–H and O–H groups in total. The topological polar surface area (TPSA) is 93.7 Å². The molecular weight excluding hydrogens is 408 g/mol. The van der Waals surface area contributed by atoms with E-state index in [-0.39, 0.29) is 29.3 Å². The number of nitrogens with one attached hydrogen (secondary N) is 2. The van der Waals surface area contributed by atoms with Crippen molar-refractivity contribution in [3.05, 3.63) is 65.4 Å². The number of ether oxygens (including phenoxy) is 2. The van der Waals surface area contributed by atoms with Gasteiger partial charge in [0.1, 0.15) is 5.70 Å². The molecular formula is C25H28N2O5. The summed E-state index contributed by atoms with van der Waals surface area (Å²) in [5, 5.41) is 5.78. The number of amides is 2. The Morgan fingerprint density at radius 2 is 1.69 bits per heavy atom. The third kappa shape index (κ3) is 6.44. The van der Waals surface area contributed by atoms with E-state index in [1.807, 2.05) is 6.07 Å². The van der Waals surface area contributed by atoms with Gasteiger partial charge in [0, 0.05) is 18.5 Å². The van der Waals surface area contributed by atoms with Crippen LogP contribution in [-0.2, 0) is 9.59 Å². The summed E-state index contributed by atoms with van der Waals surface area (Å²) in [7, 11) is 1.46. The molecule has 1 saturated carbocycles. The number of carbonyl (C=O) groups excluding carboxylic acids is 3. The maximum Gasteiger partial charge on any atom is 0.308 e. The normalized spacial score (nSPS) is 14.4. The summed E-state index contributed by atoms with van der Waals surface area (Å²) in [6, 6.07) is 13.7. The van der Waals surface area contributed by atoms with Crippen molar-refractivity contribution in [3.63, 3.8) is 0 Å². The van der Waals surface area contributed by atoms with Gasteiger partial charge in [-0.15, -0.1) is 0 Å². The highest BCUT2D eigenvalue weighted by Gasteiger charge is 2.20. The molecule has 2 amide bonds. The minimum absolute atomic E-state index is 0.0918. The van der Waals surface area contributed by atoms with Gasteiger partial charge in [-0.2, -0.15) is 0 Å². The number of rotatable bonds is 7. The van der Waals surface area contributed by atoms with Crippen molar-refractivity contribution in [2.75, 3.05) is 7.11 Å². The molecule has 7 heteroatoms. The molecule has 0 spiro atoms. The van der Waals surface area contributed by atoms with Crippen LogP contribution in [0, 0.1) is 0 Å². The number of carbonyl (C=O) groups is 3. The average Bonchev–Trinajstić information content (AvgIpc) is 2.80. The van der Waals surface area contributed by atoms with E-state index in [2.05, 4.69) is 10.6 Å². The van der Waals surface area contributed by atoms with Gasteiger partial charge < -0.3 is 20.1 Å². The third-order valence-corrected chi connectivity index (χ3v) is 5.22. The molecule has 0 aromatic heterocycles. The van der Waals surface area contributed by atoms with Gasteiger partial charge in [0.25, 0.3) is 11.8 Å². The van der Waals surface area contributed by atoms with Crippen LogP contribution in [0.1, 0.15) is 54.9 Å². The van der Waals surface area contributed by atoms with Crippen LogP contribution < -0.4 is 20.1 Å². The molecule has 0 radical (unpaired) electrons. The predicted molar refractivity (Wildman–Crippen MR) is 121 cm³/mol. The van der Waals surface area contributed by atoms with E-state index in [9.17, 15) is 14.4 Å². The lowest BCUT2D eigenvalue weighted by Crippen LogP contribution is -2.41. The standard InChI is InChI=1S/C25H28N2O5/c1-17(28)32-22-14-13-18(16-23(22)31-2)15-21(25(30)26-20-11-7-4-8-12-20)27-24(29)19-9-5-3-6-10-19/h3,5-6,9-10,13-16,20H,4,7-8,11-12H2,1-2H3,(H,26,30)(H,27,29)/b21-15-. The van der Waals surface area contributed by atoms with Gasteiger partial charge in [-0.05, 0) is 48.7 Å². The Morgan fingerprint density at radius 3 is 2.34 bits per heavy atom. The van der Waals surface area contributed by atoms with Crippen LogP contribution in [0.5, 0.6) is 11.5 Å². The van der Waals surface area contributed by atoms with Crippen LogP contribution in [0.15, 0.2) is 54.2 Å². The van der Waals surface area contributed by atoms with Gasteiger partial charge in [0.05, 0.1) is 7.11 Å². The van der Waals surface area contributed by atoms with Crippen LogP contribution in [0.4, 0.5) is 0 Å². The highest BCUT2D eigenvalue weighted by atomic mass is 16.6. The predicted octanol–water partition coefficient (Wildman–Crippen LogP) is 3.84. The van der Waals surface area contributed by atoms with E-state index in [1.54, 1.807) is 48.5 Å². The monoisotopic (exact) mass is 436 g/mol. The Hall–Kier alpha value is -3.61. The maximum absolute atomic E-state index is 13.1. The summed E-state index contributed by atoms with van der Waals surface area (Å²) in [5.74, 6) is -0.563. The lowest BCUT2D eigenvalue weighted by molar-refractivity contribution is -0.132. The van der Waals surface area contributed by atoms with E-state index < -0.39 is 5.97 Å². The summed E-state index contributed by atoms with van der Waals surface area (Å²) in [6.45, 7) is 1.31. The van der Waals surface area contributed by atoms with E-state index in [0.29, 0.717) is 16.9 Å². The van der Waals surface area contributed by atoms with Crippen molar-refractivity contribution >= 4 is 23.9 Å². The fourth-order valence-corrected chi connectivity index (χ4v) is 3.63. The van der Waals surface area contributed by atoms with Crippen molar-refractivity contribution in [2.45, 2.75) is 45.1 Å². The van der Waals surface area contributed by atoms with Crippen LogP contribution in [0.2, 0.25) is 0 Å². The minimum atomic E-state index is -0.464. The Bertz CT molecular complexity index is 995. The fourth-order valence-electron chi connectivity index (χ4n) is 3.63. The fraction of sp³-hybridized carbons (Fsp3) is 0.320. The minimum Gasteiger partial charge on any atom is -0.493 e. The van der Waals surface area contributed by atoms with Gasteiger partial charge in [-0.1, -0.05) is 43.5 Å². The lowest BCUT2D eigenvalue weighted by Gasteiger charge is -2.23. The number of esters is 1. The summed E-state index contributed by atoms with van der Waals surface area (Å²) in [5.41, 5.74) is 1.19. The molecule has 0 bridgehead atoms. The maximum atomic E-state index is 13.1. The molecule has 0 saturated heterocycles. The van der Waals surface area contributed by atoms with Crippen LogP contribution in [0.25, 0.3) is 6.08 Å². The second kappa shape index (κ2) is 11.1. The van der Waals surface area contributed by atoms with Gasteiger partial charge in [0.15, 0.2) is 11.5 Å². The summed E-state index contributed by atoms with van der Waals surface area (Å²) in [4.78, 5) is 37.1. The first kappa shape index (κ1) is 23.1. The molecule has 0 atom stereocenters. The molecule has 3 rings (SSSR count). The highest BCUT2D eigenvalue weighted by molar-refractivity contribution is 6.05. The van der Waals surface area contributed by atoms with Crippen LogP contribution in [0.3, 0.4) is 0 Å². The van der Waals surface area contributed by atoms with Gasteiger partial charge in [-0.25, -0.2) is 0 Å². The molecule has 1 aliphatic carbocycles. The third-order valence-electron chi connectivity index (χ3n) is 5.22. The van der Waals surface area contributed by atoms with Crippen molar-refractivity contribution in [1.29, 1.82) is 0 Å². The van der Waals surface area contributed by atoms with Crippen molar-refractivity contribution in [1.82, 2.24) is 10.6 Å². The summed E-state index contributed by atoms with van der Waals surface area (Å²) in [6.07, 6.45) is 6.77. The van der Waals surface area contributed by atoms with Crippen molar-refractivity contribution < 1.29 is 23.9 Å². The molecule has 1 aliphatic rings. The molecule has 0 heterocycles. The second-order valence-corrected chi connectivity index (χ2v) is 7.69. The zero-order valence-electron chi connectivity index (χ0n) is 18.4. The molecule has 168 valence electrons. The number of hydrogen-bond acceptors (Lipinski definition) is 5. The van der Waals surface area contributed by atoms with E-state index in [0.717, 1.165) is 25.7 Å². The Kier molecular flexibility index (Phi) is 8.02. The molecule has 7 nitrogen and oxygen atoms in total. The summed E-state index contributed by atoms with van der Waals surface area (Å²) < 4.78 is 10.4. The van der Waals surface area contributed by atoms with Crippen molar-refractivity contribution in [2.24, 2.45) is 0 Å². The van der Waals surface area contributed by atoms with Crippen LogP contribution >= 0.6 is 0 Å². The Balaban J connectivity index is 1.88. The smallest absolute Gasteiger partial charge is 0.308 e. The highest BCUT2D eigenvalue weighted by Crippen LogP contribution is 2.29. The molecule has 2 aromatic rings. The molecule has 2 aromatic carbocycles. The number of methoxy groups -OCH3 is 1. The van der Waals surface area contributed by atoms with E-state index in [4.69, 9.17) is 9.47 Å². The quantitative estimate of drug-likeness (QED) is 0.391. The van der Waals surface area contributed by atoms with Crippen LogP contribution in [-0.4, -0.2) is 30.9 Å². The first-order valence-corrected chi connectivity index (χ1v) is 10.7. The molecule has 0 unspecified atom stereocenters. The zero-order valence-corrected chi connectivity index (χ0v) is 18.4. The molecule has 1 fully saturated rings. The summed E-state index contributed by atoms with van der Waals surface area (Å²) >= 11 is 0. The first-order chi connectivity index (χ1) is 15.5. The van der Waals surface area contributed by atoms with Gasteiger partial charge in [0.2, 0.25) is 0 Å².